The van der Waals surface area contributed by atoms with Gasteiger partial charge in [-0.15, -0.1) is 0 Å². The van der Waals surface area contributed by atoms with Crippen LogP contribution in [0.15, 0.2) is 60.9 Å². The fourth-order valence-electron chi connectivity index (χ4n) is 2.68. The highest BCUT2D eigenvalue weighted by atomic mass is 16.6. The molecule has 30 heavy (non-hydrogen) atoms. The van der Waals surface area contributed by atoms with Crippen molar-refractivity contribution >= 4 is 22.5 Å². The van der Waals surface area contributed by atoms with Gasteiger partial charge in [-0.05, 0) is 43.3 Å². The van der Waals surface area contributed by atoms with Crippen molar-refractivity contribution < 1.29 is 23.8 Å². The van der Waals surface area contributed by atoms with E-state index in [9.17, 15) is 4.79 Å². The van der Waals surface area contributed by atoms with E-state index < -0.39 is 5.91 Å². The number of rotatable bonds is 9. The molecule has 0 bridgehead atoms. The van der Waals surface area contributed by atoms with Crippen molar-refractivity contribution in [2.45, 2.75) is 6.92 Å². The minimum Gasteiger partial charge on any atom is -0.493 e. The van der Waals surface area contributed by atoms with E-state index in [0.717, 1.165) is 5.39 Å². The molecule has 0 unspecified atom stereocenters. The summed E-state index contributed by atoms with van der Waals surface area (Å²) in [5.74, 6) is 2.00. The molecule has 0 aliphatic carbocycles. The molecule has 0 spiro atoms. The number of carbonyl (C=O) groups excluding carboxylic acids is 1. The Bertz CT molecular complexity index is 1050. The van der Waals surface area contributed by atoms with Gasteiger partial charge in [-0.1, -0.05) is 6.58 Å². The highest BCUT2D eigenvalue weighted by Crippen LogP contribution is 2.36. The van der Waals surface area contributed by atoms with Crippen LogP contribution in [0.5, 0.6) is 23.0 Å². The van der Waals surface area contributed by atoms with Gasteiger partial charge in [0.15, 0.2) is 11.5 Å². The van der Waals surface area contributed by atoms with Crippen molar-refractivity contribution in [1.82, 2.24) is 10.5 Å². The number of anilines is 1. The first kappa shape index (κ1) is 20.9. The summed E-state index contributed by atoms with van der Waals surface area (Å²) < 4.78 is 16.7. The SMILES string of the molecule is C=C(NOCC)C(=O)Nc1ccc(Oc2ccnc3cc(OC)c(OC)cc23)cc1. The lowest BCUT2D eigenvalue weighted by Crippen LogP contribution is -2.25. The number of aromatic nitrogens is 1. The molecule has 8 heteroatoms. The summed E-state index contributed by atoms with van der Waals surface area (Å²) in [5, 5.41) is 3.51. The normalized spacial score (nSPS) is 10.4. The van der Waals surface area contributed by atoms with Gasteiger partial charge in [0.25, 0.3) is 5.91 Å². The van der Waals surface area contributed by atoms with E-state index in [2.05, 4.69) is 22.4 Å². The lowest BCUT2D eigenvalue weighted by Gasteiger charge is -2.13. The van der Waals surface area contributed by atoms with Crippen LogP contribution in [-0.2, 0) is 9.63 Å². The van der Waals surface area contributed by atoms with Crippen LogP contribution in [0.4, 0.5) is 5.69 Å². The number of hydroxylamine groups is 1. The maximum atomic E-state index is 12.0. The van der Waals surface area contributed by atoms with E-state index >= 15 is 0 Å². The number of carbonyl (C=O) groups is 1. The number of benzene rings is 2. The summed E-state index contributed by atoms with van der Waals surface area (Å²) in [6, 6.07) is 12.4. The van der Waals surface area contributed by atoms with Crippen molar-refractivity contribution in [2.24, 2.45) is 0 Å². The number of hydrogen-bond donors (Lipinski definition) is 2. The third-order valence-electron chi connectivity index (χ3n) is 4.16. The van der Waals surface area contributed by atoms with Crippen molar-refractivity contribution in [2.75, 3.05) is 26.1 Å². The highest BCUT2D eigenvalue weighted by molar-refractivity contribution is 6.02. The molecule has 0 aliphatic rings. The lowest BCUT2D eigenvalue weighted by atomic mass is 10.2. The minimum atomic E-state index is -0.390. The molecule has 2 N–H and O–H groups in total. The van der Waals surface area contributed by atoms with Gasteiger partial charge in [0.05, 0.1) is 26.3 Å². The number of nitrogens with one attached hydrogen (secondary N) is 2. The van der Waals surface area contributed by atoms with Gasteiger partial charge in [0.2, 0.25) is 0 Å². The molecule has 1 amide bonds. The van der Waals surface area contributed by atoms with Gasteiger partial charge in [-0.25, -0.2) is 0 Å². The average molecular weight is 409 g/mol. The van der Waals surface area contributed by atoms with Crippen LogP contribution < -0.4 is 25.0 Å². The molecule has 1 aromatic heterocycles. The zero-order valence-electron chi connectivity index (χ0n) is 17.0. The molecule has 0 saturated carbocycles. The fraction of sp³-hybridized carbons (Fsp3) is 0.182. The van der Waals surface area contributed by atoms with Gasteiger partial charge in [0.1, 0.15) is 17.2 Å². The van der Waals surface area contributed by atoms with Crippen LogP contribution >= 0.6 is 0 Å². The standard InChI is InChI=1S/C22H23N3O5/c1-5-29-25-14(2)22(26)24-15-6-8-16(9-7-15)30-19-10-11-23-18-13-21(28-4)20(27-3)12-17(18)19/h6-13,25H,2,5H2,1,3-4H3,(H,24,26). The Morgan fingerprint density at radius 3 is 2.40 bits per heavy atom. The average Bonchev–Trinajstić information content (AvgIpc) is 2.77. The van der Waals surface area contributed by atoms with Gasteiger partial charge >= 0.3 is 0 Å². The number of methoxy groups -OCH3 is 2. The van der Waals surface area contributed by atoms with Gasteiger partial charge in [-0.2, -0.15) is 0 Å². The molecule has 0 atom stereocenters. The van der Waals surface area contributed by atoms with E-state index in [0.29, 0.717) is 40.8 Å². The van der Waals surface area contributed by atoms with E-state index in [1.54, 1.807) is 63.7 Å². The smallest absolute Gasteiger partial charge is 0.273 e. The first-order valence-corrected chi connectivity index (χ1v) is 9.22. The molecule has 0 radical (unpaired) electrons. The summed E-state index contributed by atoms with van der Waals surface area (Å²) >= 11 is 0. The first-order chi connectivity index (χ1) is 14.5. The Morgan fingerprint density at radius 1 is 1.03 bits per heavy atom. The number of ether oxygens (including phenoxy) is 3. The second-order valence-electron chi connectivity index (χ2n) is 6.13. The van der Waals surface area contributed by atoms with E-state index in [1.807, 2.05) is 6.07 Å². The highest BCUT2D eigenvalue weighted by Gasteiger charge is 2.12. The third-order valence-corrected chi connectivity index (χ3v) is 4.16. The summed E-state index contributed by atoms with van der Waals surface area (Å²) in [6.45, 7) is 5.84. The zero-order valence-corrected chi connectivity index (χ0v) is 17.0. The topological polar surface area (TPSA) is 90.9 Å². The summed E-state index contributed by atoms with van der Waals surface area (Å²) in [6.07, 6.45) is 1.66. The Morgan fingerprint density at radius 2 is 1.73 bits per heavy atom. The number of amides is 1. The minimum absolute atomic E-state index is 0.116. The third kappa shape index (κ3) is 4.79. The molecular formula is C22H23N3O5. The summed E-state index contributed by atoms with van der Waals surface area (Å²) in [4.78, 5) is 21.4. The molecule has 0 saturated heterocycles. The van der Waals surface area contributed by atoms with Crippen LogP contribution in [-0.4, -0.2) is 31.7 Å². The maximum absolute atomic E-state index is 12.0. The van der Waals surface area contributed by atoms with Gasteiger partial charge in [-0.3, -0.25) is 20.1 Å². The second-order valence-corrected chi connectivity index (χ2v) is 6.13. The Kier molecular flexibility index (Phi) is 6.71. The molecule has 8 nitrogen and oxygen atoms in total. The van der Waals surface area contributed by atoms with E-state index in [-0.39, 0.29) is 5.70 Å². The molecule has 0 aliphatic heterocycles. The van der Waals surface area contributed by atoms with E-state index in [1.165, 1.54) is 0 Å². The maximum Gasteiger partial charge on any atom is 0.273 e. The quantitative estimate of drug-likeness (QED) is 0.407. The van der Waals surface area contributed by atoms with Crippen LogP contribution in [0, 0.1) is 0 Å². The monoisotopic (exact) mass is 409 g/mol. The van der Waals surface area contributed by atoms with Crippen molar-refractivity contribution in [1.29, 1.82) is 0 Å². The fourth-order valence-corrected chi connectivity index (χ4v) is 2.68. The lowest BCUT2D eigenvalue weighted by molar-refractivity contribution is -0.114. The van der Waals surface area contributed by atoms with Crippen molar-refractivity contribution in [3.63, 3.8) is 0 Å². The molecule has 156 valence electrons. The first-order valence-electron chi connectivity index (χ1n) is 9.22. The Labute approximate surface area is 174 Å². The number of pyridine rings is 1. The molecule has 1 heterocycles. The zero-order chi connectivity index (χ0) is 21.5. The predicted octanol–water partition coefficient (Wildman–Crippen LogP) is 4.04. The van der Waals surface area contributed by atoms with Gasteiger partial charge < -0.3 is 19.5 Å². The molecular weight excluding hydrogens is 386 g/mol. The van der Waals surface area contributed by atoms with Gasteiger partial charge in [0, 0.05) is 23.3 Å². The number of hydrogen-bond acceptors (Lipinski definition) is 7. The molecule has 0 fully saturated rings. The van der Waals surface area contributed by atoms with E-state index in [4.69, 9.17) is 19.0 Å². The van der Waals surface area contributed by atoms with Crippen LogP contribution in [0.2, 0.25) is 0 Å². The molecule has 3 rings (SSSR count). The second kappa shape index (κ2) is 9.62. The Hall–Kier alpha value is -3.78. The largest absolute Gasteiger partial charge is 0.493 e. The molecule has 2 aromatic carbocycles. The van der Waals surface area contributed by atoms with Crippen LogP contribution in [0.1, 0.15) is 6.92 Å². The van der Waals surface area contributed by atoms with Crippen molar-refractivity contribution in [3.8, 4) is 23.0 Å². The van der Waals surface area contributed by atoms with Crippen molar-refractivity contribution in [3.05, 3.63) is 60.9 Å². The van der Waals surface area contributed by atoms with Crippen LogP contribution in [0.3, 0.4) is 0 Å². The predicted molar refractivity (Wildman–Crippen MR) is 114 cm³/mol. The molecule has 3 aromatic rings. The summed E-state index contributed by atoms with van der Waals surface area (Å²) in [5.41, 5.74) is 3.90. The Balaban J connectivity index is 1.76. The number of fused-ring (bicyclic) bond motifs is 1. The van der Waals surface area contributed by atoms with Crippen LogP contribution in [0.25, 0.3) is 10.9 Å². The number of nitrogens with zero attached hydrogens (tertiary/aromatic N) is 1. The summed E-state index contributed by atoms with van der Waals surface area (Å²) in [7, 11) is 3.15.